The van der Waals surface area contributed by atoms with Crippen LogP contribution in [0.4, 0.5) is 0 Å². The first-order valence-electron chi connectivity index (χ1n) is 17.1. The van der Waals surface area contributed by atoms with Crippen LogP contribution in [-0.2, 0) is 22.4 Å². The summed E-state index contributed by atoms with van der Waals surface area (Å²) in [6.45, 7) is 1.11. The number of ether oxygens (including phenoxy) is 2. The van der Waals surface area contributed by atoms with Gasteiger partial charge in [0.2, 0.25) is 5.90 Å². The third-order valence-corrected chi connectivity index (χ3v) is 9.60. The molecule has 0 saturated carbocycles. The van der Waals surface area contributed by atoms with E-state index >= 15 is 0 Å². The largest absolute Gasteiger partial charge is 0.494 e. The normalized spacial score (nSPS) is 16.8. The Morgan fingerprint density at radius 2 is 1.44 bits per heavy atom. The fraction of sp³-hybridized carbons (Fsp3) is 0.238. The number of unbranched alkanes of at least 4 members (excludes halogenated alkanes) is 1. The second-order valence-corrected chi connectivity index (χ2v) is 13.2. The summed E-state index contributed by atoms with van der Waals surface area (Å²) < 4.78 is 13.4. The van der Waals surface area contributed by atoms with Gasteiger partial charge in [-0.05, 0) is 77.4 Å². The average Bonchev–Trinajstić information content (AvgIpc) is 3.55. The minimum absolute atomic E-state index is 0.0701. The summed E-state index contributed by atoms with van der Waals surface area (Å²) in [5, 5.41) is 9.12. The molecule has 8 heteroatoms. The number of aliphatic imine (C=N–C) groups is 1. The summed E-state index contributed by atoms with van der Waals surface area (Å²) in [5.41, 5.74) is 10.9. The van der Waals surface area contributed by atoms with Gasteiger partial charge in [-0.2, -0.15) is 0 Å². The molecule has 5 aromatic rings. The van der Waals surface area contributed by atoms with E-state index in [1.807, 2.05) is 84.9 Å². The Bertz CT molecular complexity index is 1850. The highest BCUT2D eigenvalue weighted by Crippen LogP contribution is 2.43. The molecule has 0 radical (unpaired) electrons. The fourth-order valence-electron chi connectivity index (χ4n) is 6.13. The third kappa shape index (κ3) is 8.69. The molecule has 1 heterocycles. The lowest BCUT2D eigenvalue weighted by Gasteiger charge is -2.31. The summed E-state index contributed by atoms with van der Waals surface area (Å²) in [7, 11) is 0. The van der Waals surface area contributed by atoms with E-state index in [0.717, 1.165) is 51.6 Å². The summed E-state index contributed by atoms with van der Waals surface area (Å²) >= 11 is 3.72. The van der Waals surface area contributed by atoms with Gasteiger partial charge in [0.05, 0.1) is 6.61 Å². The van der Waals surface area contributed by atoms with Gasteiger partial charge in [0, 0.05) is 36.0 Å². The average molecular weight is 733 g/mol. The first-order valence-corrected chi connectivity index (χ1v) is 17.9. The van der Waals surface area contributed by atoms with Crippen molar-refractivity contribution in [2.24, 2.45) is 4.99 Å². The summed E-state index contributed by atoms with van der Waals surface area (Å²) in [4.78, 5) is 19.7. The van der Waals surface area contributed by atoms with E-state index in [-0.39, 0.29) is 12.5 Å². The number of aliphatic hydroxyl groups excluding tert-OH is 1. The number of hydrogen-bond donors (Lipinski definition) is 3. The number of halogens is 1. The predicted molar refractivity (Wildman–Crippen MR) is 202 cm³/mol. The molecule has 0 aromatic heterocycles. The molecule has 7 nitrogen and oxygen atoms in total. The van der Waals surface area contributed by atoms with Gasteiger partial charge in [-0.15, -0.1) is 0 Å². The lowest BCUT2D eigenvalue weighted by molar-refractivity contribution is -0.130. The van der Waals surface area contributed by atoms with Crippen molar-refractivity contribution in [2.45, 2.75) is 43.7 Å². The number of hydrazine groups is 1. The van der Waals surface area contributed by atoms with Crippen LogP contribution in [-0.4, -0.2) is 42.2 Å². The van der Waals surface area contributed by atoms with Gasteiger partial charge < -0.3 is 14.6 Å². The van der Waals surface area contributed by atoms with Crippen LogP contribution in [0.25, 0.3) is 11.1 Å². The molecule has 1 aliphatic heterocycles. The Hall–Kier alpha value is -4.76. The molecule has 256 valence electrons. The minimum atomic E-state index is -1.33. The number of aryl methyl sites for hydroxylation is 1. The van der Waals surface area contributed by atoms with Gasteiger partial charge >= 0.3 is 0 Å². The second-order valence-electron chi connectivity index (χ2n) is 12.4. The van der Waals surface area contributed by atoms with Crippen molar-refractivity contribution in [3.05, 3.63) is 160 Å². The van der Waals surface area contributed by atoms with Gasteiger partial charge in [-0.25, -0.2) is 10.4 Å². The van der Waals surface area contributed by atoms with E-state index in [9.17, 15) is 4.79 Å². The predicted octanol–water partition coefficient (Wildman–Crippen LogP) is 8.02. The number of carbonyl (C=O) groups is 1. The zero-order valence-corrected chi connectivity index (χ0v) is 29.5. The fourth-order valence-corrected chi connectivity index (χ4v) is 6.56. The van der Waals surface area contributed by atoms with Crippen LogP contribution in [0.2, 0.25) is 0 Å². The minimum Gasteiger partial charge on any atom is -0.494 e. The molecule has 50 heavy (non-hydrogen) atoms. The van der Waals surface area contributed by atoms with E-state index in [1.54, 1.807) is 0 Å². The molecule has 5 aromatic carbocycles. The highest BCUT2D eigenvalue weighted by atomic mass is 79.9. The monoisotopic (exact) mass is 731 g/mol. The van der Waals surface area contributed by atoms with E-state index in [0.29, 0.717) is 37.6 Å². The van der Waals surface area contributed by atoms with Gasteiger partial charge in [-0.1, -0.05) is 119 Å². The highest BCUT2D eigenvalue weighted by molar-refractivity contribution is 9.10. The first kappa shape index (κ1) is 35.1. The van der Waals surface area contributed by atoms with Crippen LogP contribution >= 0.6 is 15.9 Å². The van der Waals surface area contributed by atoms with Gasteiger partial charge in [0.25, 0.3) is 5.91 Å². The van der Waals surface area contributed by atoms with E-state index in [4.69, 9.17) is 19.6 Å². The highest BCUT2D eigenvalue weighted by Gasteiger charge is 2.53. The molecule has 1 amide bonds. The molecule has 0 aliphatic carbocycles. The molecular formula is C42H42BrN3O4. The van der Waals surface area contributed by atoms with E-state index < -0.39 is 11.6 Å². The Morgan fingerprint density at radius 3 is 2.16 bits per heavy atom. The number of hydrogen-bond acceptors (Lipinski definition) is 6. The van der Waals surface area contributed by atoms with Crippen LogP contribution in [0, 0.1) is 0 Å². The number of nitrogens with one attached hydrogen (secondary N) is 2. The summed E-state index contributed by atoms with van der Waals surface area (Å²) in [6, 6.07) is 44.2. The lowest BCUT2D eigenvalue weighted by Crippen LogP contribution is -2.54. The van der Waals surface area contributed by atoms with Gasteiger partial charge in [0.1, 0.15) is 5.75 Å². The molecule has 0 unspecified atom stereocenters. The van der Waals surface area contributed by atoms with Crippen LogP contribution < -0.4 is 15.6 Å². The molecule has 3 N–H and O–H groups in total. The van der Waals surface area contributed by atoms with Crippen LogP contribution in [0.1, 0.15) is 47.6 Å². The maximum Gasteiger partial charge on any atom is 0.266 e. The molecule has 0 spiro atoms. The number of carbonyl (C=O) groups excluding carboxylic acids is 1. The number of amides is 1. The molecule has 6 rings (SSSR count). The third-order valence-electron chi connectivity index (χ3n) is 8.83. The van der Waals surface area contributed by atoms with Crippen LogP contribution in [0.5, 0.6) is 5.75 Å². The van der Waals surface area contributed by atoms with Crippen molar-refractivity contribution in [2.75, 3.05) is 19.8 Å². The number of aliphatic hydroxyl groups is 1. The molecule has 0 fully saturated rings. The zero-order valence-electron chi connectivity index (χ0n) is 27.9. The first-order chi connectivity index (χ1) is 24.6. The van der Waals surface area contributed by atoms with Crippen molar-refractivity contribution in [3.8, 4) is 16.9 Å². The Kier molecular flexibility index (Phi) is 12.1. The maximum absolute atomic E-state index is 14.6. The van der Waals surface area contributed by atoms with E-state index in [1.165, 1.54) is 5.56 Å². The smallest absolute Gasteiger partial charge is 0.266 e. The Labute approximate surface area is 302 Å². The Morgan fingerprint density at radius 1 is 0.780 bits per heavy atom. The number of benzene rings is 5. The van der Waals surface area contributed by atoms with Crippen molar-refractivity contribution in [3.63, 3.8) is 0 Å². The van der Waals surface area contributed by atoms with Crippen molar-refractivity contribution in [1.82, 2.24) is 10.9 Å². The maximum atomic E-state index is 14.6. The van der Waals surface area contributed by atoms with Crippen molar-refractivity contribution < 1.29 is 19.4 Å². The molecule has 0 saturated heterocycles. The summed E-state index contributed by atoms with van der Waals surface area (Å²) in [6.07, 6.45) is 3.01. The van der Waals surface area contributed by atoms with Crippen molar-refractivity contribution in [1.29, 1.82) is 0 Å². The summed E-state index contributed by atoms with van der Waals surface area (Å²) in [5.74, 6) is 0.795. The van der Waals surface area contributed by atoms with Crippen molar-refractivity contribution >= 4 is 27.7 Å². The quantitative estimate of drug-likeness (QED) is 0.0707. The molecular weight excluding hydrogens is 690 g/mol. The Balaban J connectivity index is 1.30. The van der Waals surface area contributed by atoms with Crippen LogP contribution in [0.15, 0.2) is 143 Å². The lowest BCUT2D eigenvalue weighted by atomic mass is 9.82. The number of nitrogens with zero attached hydrogens (tertiary/aromatic N) is 1. The topological polar surface area (TPSA) is 92.2 Å². The second kappa shape index (κ2) is 17.3. The standard InChI is InChI=1S/C42H42BrN3O4/c43-38-18-8-7-17-36(38)30-42(41(48)46-44-27-10-9-14-31-12-3-1-4-13-31)39(34-21-19-33(20-22-34)32-15-5-2-6-16-32)50-40(45-42)35-23-25-37(26-24-35)49-29-11-28-47/h1-8,12-13,15-26,39,44,47H,9-11,14,27-30H2,(H,46,48)/t39-,42-/m0/s1. The van der Waals surface area contributed by atoms with E-state index in [2.05, 4.69) is 75.3 Å². The van der Waals surface area contributed by atoms with Crippen LogP contribution in [0.3, 0.4) is 0 Å². The van der Waals surface area contributed by atoms with Gasteiger partial charge in [0.15, 0.2) is 11.6 Å². The van der Waals surface area contributed by atoms with Gasteiger partial charge in [-0.3, -0.25) is 10.2 Å². The number of rotatable bonds is 16. The molecule has 1 aliphatic rings. The molecule has 2 atom stereocenters. The zero-order chi connectivity index (χ0) is 34.6. The SMILES string of the molecule is O=C(NNCCCCc1ccccc1)[C@@]1(Cc2ccccc2Br)N=C(c2ccc(OCCCO)cc2)O[C@H]1c1ccc(-c2ccccc2)cc1. The molecule has 0 bridgehead atoms.